The third kappa shape index (κ3) is 6.73. The van der Waals surface area contributed by atoms with Crippen LogP contribution in [0.2, 0.25) is 5.02 Å². The van der Waals surface area contributed by atoms with E-state index in [2.05, 4.69) is 42.0 Å². The molecule has 0 aliphatic heterocycles. The molecule has 1 aliphatic carbocycles. The number of nitrogens with one attached hydrogen (secondary N) is 3. The zero-order chi connectivity index (χ0) is 27.4. The van der Waals surface area contributed by atoms with Crippen LogP contribution in [0.15, 0.2) is 59.5 Å². The Bertz CT molecular complexity index is 1510. The van der Waals surface area contributed by atoms with E-state index < -0.39 is 11.7 Å². The summed E-state index contributed by atoms with van der Waals surface area (Å²) in [5.41, 5.74) is 3.92. The first-order valence-corrected chi connectivity index (χ1v) is 13.5. The molecule has 0 spiro atoms. The van der Waals surface area contributed by atoms with Gasteiger partial charge in [-0.05, 0) is 55.2 Å². The van der Waals surface area contributed by atoms with E-state index >= 15 is 4.39 Å². The van der Waals surface area contributed by atoms with Gasteiger partial charge in [0, 0.05) is 23.6 Å². The van der Waals surface area contributed by atoms with Crippen molar-refractivity contribution in [3.05, 3.63) is 81.6 Å². The van der Waals surface area contributed by atoms with Gasteiger partial charge in [0.1, 0.15) is 5.52 Å². The third-order valence-corrected chi connectivity index (χ3v) is 7.05. The maximum atomic E-state index is 15.9. The van der Waals surface area contributed by atoms with Crippen LogP contribution in [0.25, 0.3) is 11.0 Å². The van der Waals surface area contributed by atoms with Crippen molar-refractivity contribution in [2.24, 2.45) is 5.92 Å². The number of aryl methyl sites for hydroxylation is 1. The number of halogens is 3. The summed E-state index contributed by atoms with van der Waals surface area (Å²) < 4.78 is 18.3. The van der Waals surface area contributed by atoms with Crippen molar-refractivity contribution in [2.75, 3.05) is 11.9 Å². The van der Waals surface area contributed by atoms with Crippen molar-refractivity contribution in [2.45, 2.75) is 32.4 Å². The number of rotatable bonds is 11. The Morgan fingerprint density at radius 1 is 1.18 bits per heavy atom. The Hall–Kier alpha value is -3.54. The SMILES string of the molecule is O=C(CCn1cnc2c(F)c(Nc3ccc(Br)cc3Cl)c(C(=O)NOCC3CC3)cc21)NCc1ccccn1. The molecule has 4 aromatic rings. The standard InChI is InChI=1S/C27H25BrClFN6O3/c28-17-6-7-21(20(29)11-17)34-25-19(27(38)35-39-14-16-4-5-16)12-22-26(24(25)30)33-15-36(22)10-8-23(37)32-13-18-3-1-2-9-31-18/h1-3,6-7,9,11-12,15-16,34H,4-5,8,10,13-14H2,(H,32,37)(H,35,38). The van der Waals surface area contributed by atoms with Gasteiger partial charge in [0.05, 0.1) is 52.7 Å². The fourth-order valence-electron chi connectivity index (χ4n) is 3.93. The van der Waals surface area contributed by atoms with Crippen LogP contribution < -0.4 is 16.1 Å². The average molecular weight is 616 g/mol. The monoisotopic (exact) mass is 614 g/mol. The first-order chi connectivity index (χ1) is 18.9. The second-order valence-corrected chi connectivity index (χ2v) is 10.5. The lowest BCUT2D eigenvalue weighted by Crippen LogP contribution is -2.26. The van der Waals surface area contributed by atoms with Crippen molar-refractivity contribution in [3.8, 4) is 0 Å². The highest BCUT2D eigenvalue weighted by Crippen LogP contribution is 2.34. The van der Waals surface area contributed by atoms with Crippen LogP contribution in [0, 0.1) is 11.7 Å². The van der Waals surface area contributed by atoms with Crippen LogP contribution in [0.5, 0.6) is 0 Å². The van der Waals surface area contributed by atoms with Crippen molar-refractivity contribution in [1.29, 1.82) is 0 Å². The van der Waals surface area contributed by atoms with Crippen LogP contribution in [0.3, 0.4) is 0 Å². The number of amides is 2. The smallest absolute Gasteiger partial charge is 0.277 e. The van der Waals surface area contributed by atoms with Gasteiger partial charge in [-0.3, -0.25) is 19.4 Å². The number of nitrogens with zero attached hydrogens (tertiary/aromatic N) is 3. The zero-order valence-corrected chi connectivity index (χ0v) is 23.1. The normalized spacial score (nSPS) is 12.9. The Kier molecular flexibility index (Phi) is 8.39. The molecule has 0 saturated heterocycles. The number of hydrogen-bond donors (Lipinski definition) is 3. The largest absolute Gasteiger partial charge is 0.351 e. The molecule has 5 rings (SSSR count). The summed E-state index contributed by atoms with van der Waals surface area (Å²) in [6.07, 6.45) is 5.34. The molecule has 9 nitrogen and oxygen atoms in total. The molecule has 1 saturated carbocycles. The third-order valence-electron chi connectivity index (χ3n) is 6.24. The van der Waals surface area contributed by atoms with E-state index in [1.165, 1.54) is 12.4 Å². The molecule has 0 atom stereocenters. The molecule has 1 fully saturated rings. The topological polar surface area (TPSA) is 110 Å². The highest BCUT2D eigenvalue weighted by molar-refractivity contribution is 9.10. The number of fused-ring (bicyclic) bond motifs is 1. The molecule has 2 heterocycles. The number of benzene rings is 2. The minimum Gasteiger partial charge on any atom is -0.351 e. The summed E-state index contributed by atoms with van der Waals surface area (Å²) in [4.78, 5) is 39.3. The predicted molar refractivity (Wildman–Crippen MR) is 149 cm³/mol. The maximum Gasteiger partial charge on any atom is 0.277 e. The molecule has 1 aliphatic rings. The van der Waals surface area contributed by atoms with E-state index in [9.17, 15) is 9.59 Å². The number of carbonyl (C=O) groups excluding carboxylic acids is 2. The fourth-order valence-corrected chi connectivity index (χ4v) is 4.65. The Morgan fingerprint density at radius 2 is 2.03 bits per heavy atom. The minimum absolute atomic E-state index is 0.0103. The number of hydroxylamine groups is 1. The van der Waals surface area contributed by atoms with E-state index in [0.717, 1.165) is 23.0 Å². The zero-order valence-electron chi connectivity index (χ0n) is 20.7. The van der Waals surface area contributed by atoms with Gasteiger partial charge in [0.25, 0.3) is 5.91 Å². The van der Waals surface area contributed by atoms with Crippen molar-refractivity contribution in [1.82, 2.24) is 25.3 Å². The lowest BCUT2D eigenvalue weighted by molar-refractivity contribution is -0.121. The van der Waals surface area contributed by atoms with Gasteiger partial charge < -0.3 is 15.2 Å². The molecule has 2 aromatic heterocycles. The first kappa shape index (κ1) is 27.0. The van der Waals surface area contributed by atoms with Crippen LogP contribution in [0.1, 0.15) is 35.3 Å². The summed E-state index contributed by atoms with van der Waals surface area (Å²) in [7, 11) is 0. The van der Waals surface area contributed by atoms with Crippen LogP contribution >= 0.6 is 27.5 Å². The molecule has 39 heavy (non-hydrogen) atoms. The lowest BCUT2D eigenvalue weighted by atomic mass is 10.1. The summed E-state index contributed by atoms with van der Waals surface area (Å²) in [6.45, 7) is 0.926. The molecule has 0 bridgehead atoms. The summed E-state index contributed by atoms with van der Waals surface area (Å²) in [5, 5.41) is 6.10. The predicted octanol–water partition coefficient (Wildman–Crippen LogP) is 5.51. The molecule has 0 unspecified atom stereocenters. The van der Waals surface area contributed by atoms with Crippen molar-refractivity contribution < 1.29 is 18.8 Å². The maximum absolute atomic E-state index is 15.9. The number of hydrogen-bond acceptors (Lipinski definition) is 6. The van der Waals surface area contributed by atoms with E-state index in [4.69, 9.17) is 16.4 Å². The van der Waals surface area contributed by atoms with Gasteiger partial charge in [-0.25, -0.2) is 14.9 Å². The summed E-state index contributed by atoms with van der Waals surface area (Å²) in [5.74, 6) is -1.11. The molecular weight excluding hydrogens is 591 g/mol. The number of imidazole rings is 1. The van der Waals surface area contributed by atoms with E-state index in [-0.39, 0.29) is 35.6 Å². The van der Waals surface area contributed by atoms with Crippen LogP contribution in [-0.4, -0.2) is 33.0 Å². The van der Waals surface area contributed by atoms with Gasteiger partial charge in [-0.15, -0.1) is 0 Å². The molecule has 2 aromatic carbocycles. The average Bonchev–Trinajstić information content (AvgIpc) is 3.66. The Balaban J connectivity index is 1.38. The molecule has 0 radical (unpaired) electrons. The molecule has 2 amide bonds. The molecule has 12 heteroatoms. The van der Waals surface area contributed by atoms with Crippen molar-refractivity contribution >= 4 is 61.8 Å². The second-order valence-electron chi connectivity index (χ2n) is 9.20. The number of carbonyl (C=O) groups is 2. The summed E-state index contributed by atoms with van der Waals surface area (Å²) >= 11 is 9.69. The van der Waals surface area contributed by atoms with Gasteiger partial charge in [-0.1, -0.05) is 33.6 Å². The number of anilines is 2. The number of aromatic nitrogens is 3. The van der Waals surface area contributed by atoms with Gasteiger partial charge >= 0.3 is 0 Å². The fraction of sp³-hybridized carbons (Fsp3) is 0.259. The van der Waals surface area contributed by atoms with Crippen molar-refractivity contribution in [3.63, 3.8) is 0 Å². The van der Waals surface area contributed by atoms with Gasteiger partial charge in [0.15, 0.2) is 5.82 Å². The quantitative estimate of drug-likeness (QED) is 0.192. The molecule has 3 N–H and O–H groups in total. The van der Waals surface area contributed by atoms with Gasteiger partial charge in [-0.2, -0.15) is 0 Å². The highest BCUT2D eigenvalue weighted by Gasteiger charge is 2.25. The van der Waals surface area contributed by atoms with Crippen LogP contribution in [-0.2, 0) is 22.7 Å². The second kappa shape index (κ2) is 12.1. The van der Waals surface area contributed by atoms with Crippen LogP contribution in [0.4, 0.5) is 15.8 Å². The molecular formula is C27H25BrClFN6O3. The molecule has 202 valence electrons. The Labute approximate surface area is 237 Å². The van der Waals surface area contributed by atoms with E-state index in [1.54, 1.807) is 35.0 Å². The minimum atomic E-state index is -0.725. The van der Waals surface area contributed by atoms with Gasteiger partial charge in [0.2, 0.25) is 5.91 Å². The van der Waals surface area contributed by atoms with E-state index in [1.807, 2.05) is 12.1 Å². The Morgan fingerprint density at radius 3 is 2.77 bits per heavy atom. The number of pyridine rings is 1. The van der Waals surface area contributed by atoms with E-state index in [0.29, 0.717) is 35.3 Å². The highest BCUT2D eigenvalue weighted by atomic mass is 79.9. The lowest BCUT2D eigenvalue weighted by Gasteiger charge is -2.16. The summed E-state index contributed by atoms with van der Waals surface area (Å²) in [6, 6.07) is 12.1. The first-order valence-electron chi connectivity index (χ1n) is 12.4.